The Morgan fingerprint density at radius 2 is 2.11 bits per heavy atom. The van der Waals surface area contributed by atoms with Crippen LogP contribution >= 0.6 is 0 Å². The molecule has 2 rings (SSSR count). The number of benzene rings is 1. The Morgan fingerprint density at radius 3 is 2.74 bits per heavy atom. The zero-order valence-corrected chi connectivity index (χ0v) is 11.8. The van der Waals surface area contributed by atoms with E-state index in [1.165, 1.54) is 0 Å². The van der Waals surface area contributed by atoms with Crippen LogP contribution in [0.15, 0.2) is 36.5 Å². The van der Waals surface area contributed by atoms with Gasteiger partial charge in [-0.15, -0.1) is 0 Å². The van der Waals surface area contributed by atoms with Crippen molar-refractivity contribution in [1.82, 2.24) is 15.1 Å². The average molecular weight is 259 g/mol. The fourth-order valence-corrected chi connectivity index (χ4v) is 2.19. The Hall–Kier alpha value is -1.81. The molecule has 4 nitrogen and oxygen atoms in total. The maximum absolute atomic E-state index is 5.84. The van der Waals surface area contributed by atoms with Crippen molar-refractivity contribution in [3.63, 3.8) is 0 Å². The van der Waals surface area contributed by atoms with Crippen molar-refractivity contribution in [2.75, 3.05) is 13.7 Å². The van der Waals surface area contributed by atoms with Gasteiger partial charge in [-0.05, 0) is 25.6 Å². The van der Waals surface area contributed by atoms with E-state index in [2.05, 4.69) is 23.4 Å². The van der Waals surface area contributed by atoms with E-state index < -0.39 is 0 Å². The number of nitrogens with zero attached hydrogens (tertiary/aromatic N) is 2. The van der Waals surface area contributed by atoms with Crippen LogP contribution in [0.2, 0.25) is 0 Å². The van der Waals surface area contributed by atoms with Crippen molar-refractivity contribution in [1.29, 1.82) is 0 Å². The van der Waals surface area contributed by atoms with E-state index in [-0.39, 0.29) is 6.04 Å². The summed E-state index contributed by atoms with van der Waals surface area (Å²) >= 11 is 0. The number of aromatic nitrogens is 2. The first-order valence-corrected chi connectivity index (χ1v) is 6.64. The Bertz CT molecular complexity index is 522. The molecule has 0 fully saturated rings. The maximum atomic E-state index is 5.84. The average Bonchev–Trinajstić information content (AvgIpc) is 2.85. The zero-order chi connectivity index (χ0) is 13.7. The number of hydrogen-bond acceptors (Lipinski definition) is 3. The zero-order valence-electron chi connectivity index (χ0n) is 11.8. The molecule has 1 unspecified atom stereocenters. The Kier molecular flexibility index (Phi) is 4.58. The molecule has 0 amide bonds. The van der Waals surface area contributed by atoms with Gasteiger partial charge in [0, 0.05) is 18.8 Å². The van der Waals surface area contributed by atoms with Crippen LogP contribution in [0.25, 0.3) is 0 Å². The lowest BCUT2D eigenvalue weighted by Gasteiger charge is -2.20. The first-order valence-electron chi connectivity index (χ1n) is 6.64. The van der Waals surface area contributed by atoms with Gasteiger partial charge in [0.15, 0.2) is 0 Å². The van der Waals surface area contributed by atoms with Gasteiger partial charge >= 0.3 is 0 Å². The molecule has 1 N–H and O–H groups in total. The molecule has 0 aliphatic rings. The topological polar surface area (TPSA) is 39.1 Å². The molecule has 0 saturated heterocycles. The van der Waals surface area contributed by atoms with Gasteiger partial charge in [0.05, 0.1) is 18.3 Å². The van der Waals surface area contributed by atoms with Crippen LogP contribution in [0.1, 0.15) is 30.6 Å². The third-order valence-corrected chi connectivity index (χ3v) is 3.13. The van der Waals surface area contributed by atoms with E-state index in [0.29, 0.717) is 0 Å². The van der Waals surface area contributed by atoms with Gasteiger partial charge in [-0.3, -0.25) is 4.68 Å². The minimum absolute atomic E-state index is 0.0838. The van der Waals surface area contributed by atoms with Gasteiger partial charge in [-0.2, -0.15) is 5.10 Å². The molecule has 4 heteroatoms. The van der Waals surface area contributed by atoms with E-state index in [0.717, 1.165) is 30.0 Å². The van der Waals surface area contributed by atoms with Crippen LogP contribution in [0.5, 0.6) is 5.75 Å². The molecular weight excluding hydrogens is 238 g/mol. The predicted molar refractivity (Wildman–Crippen MR) is 76.3 cm³/mol. The molecule has 1 heterocycles. The first-order chi connectivity index (χ1) is 9.27. The van der Waals surface area contributed by atoms with Crippen molar-refractivity contribution >= 4 is 0 Å². The second-order valence-corrected chi connectivity index (χ2v) is 4.49. The summed E-state index contributed by atoms with van der Waals surface area (Å²) in [5, 5.41) is 7.58. The van der Waals surface area contributed by atoms with Crippen molar-refractivity contribution in [3.8, 4) is 5.75 Å². The van der Waals surface area contributed by atoms with E-state index in [4.69, 9.17) is 4.74 Å². The van der Waals surface area contributed by atoms with Gasteiger partial charge in [0.2, 0.25) is 0 Å². The Labute approximate surface area is 114 Å². The van der Waals surface area contributed by atoms with E-state index in [9.17, 15) is 0 Å². The van der Waals surface area contributed by atoms with Gasteiger partial charge in [0.1, 0.15) is 5.75 Å². The lowest BCUT2D eigenvalue weighted by molar-refractivity contribution is 0.311. The molecule has 102 valence electrons. The summed E-state index contributed by atoms with van der Waals surface area (Å²) in [6.45, 7) is 2.85. The standard InChI is InChI=1S/C15H21N3O/c1-4-11-19-14-8-6-5-7-12(14)15(16-2)13-9-10-17-18(13)3/h5-10,15-16H,4,11H2,1-3H3. The second kappa shape index (κ2) is 6.38. The van der Waals surface area contributed by atoms with Crippen LogP contribution in [0.4, 0.5) is 0 Å². The molecule has 2 aromatic rings. The molecule has 1 atom stereocenters. The molecule has 19 heavy (non-hydrogen) atoms. The normalized spacial score (nSPS) is 12.4. The molecule has 0 bridgehead atoms. The Balaban J connectivity index is 2.35. The summed E-state index contributed by atoms with van der Waals surface area (Å²) in [5.41, 5.74) is 2.26. The first kappa shape index (κ1) is 13.6. The van der Waals surface area contributed by atoms with Crippen LogP contribution in [-0.4, -0.2) is 23.4 Å². The highest BCUT2D eigenvalue weighted by molar-refractivity contribution is 5.39. The summed E-state index contributed by atoms with van der Waals surface area (Å²) < 4.78 is 7.72. The van der Waals surface area contributed by atoms with Crippen LogP contribution in [-0.2, 0) is 7.05 Å². The van der Waals surface area contributed by atoms with E-state index in [1.54, 1.807) is 0 Å². The van der Waals surface area contributed by atoms with Crippen molar-refractivity contribution in [2.24, 2.45) is 7.05 Å². The quantitative estimate of drug-likeness (QED) is 0.866. The third-order valence-electron chi connectivity index (χ3n) is 3.13. The highest BCUT2D eigenvalue weighted by Gasteiger charge is 2.18. The molecule has 0 aliphatic carbocycles. The predicted octanol–water partition coefficient (Wildman–Crippen LogP) is 2.52. The fourth-order valence-electron chi connectivity index (χ4n) is 2.19. The molecule has 0 radical (unpaired) electrons. The lowest BCUT2D eigenvalue weighted by Crippen LogP contribution is -2.21. The minimum Gasteiger partial charge on any atom is -0.493 e. The molecule has 0 aliphatic heterocycles. The number of para-hydroxylation sites is 1. The van der Waals surface area contributed by atoms with Crippen LogP contribution < -0.4 is 10.1 Å². The smallest absolute Gasteiger partial charge is 0.124 e. The summed E-state index contributed by atoms with van der Waals surface area (Å²) in [4.78, 5) is 0. The van der Waals surface area contributed by atoms with Crippen LogP contribution in [0.3, 0.4) is 0 Å². The van der Waals surface area contributed by atoms with Crippen molar-refractivity contribution in [3.05, 3.63) is 47.8 Å². The lowest BCUT2D eigenvalue weighted by atomic mass is 10.0. The minimum atomic E-state index is 0.0838. The highest BCUT2D eigenvalue weighted by Crippen LogP contribution is 2.29. The maximum Gasteiger partial charge on any atom is 0.124 e. The van der Waals surface area contributed by atoms with E-state index in [1.807, 2.05) is 49.2 Å². The monoisotopic (exact) mass is 259 g/mol. The summed E-state index contributed by atoms with van der Waals surface area (Å²) in [5.74, 6) is 0.935. The largest absolute Gasteiger partial charge is 0.493 e. The molecular formula is C15H21N3O. The van der Waals surface area contributed by atoms with Crippen molar-refractivity contribution in [2.45, 2.75) is 19.4 Å². The third kappa shape index (κ3) is 2.96. The van der Waals surface area contributed by atoms with Gasteiger partial charge in [-0.1, -0.05) is 25.1 Å². The highest BCUT2D eigenvalue weighted by atomic mass is 16.5. The molecule has 1 aromatic heterocycles. The SMILES string of the molecule is CCCOc1ccccc1C(NC)c1ccnn1C. The number of ether oxygens (including phenoxy) is 1. The second-order valence-electron chi connectivity index (χ2n) is 4.49. The molecule has 0 saturated carbocycles. The van der Waals surface area contributed by atoms with Crippen LogP contribution in [0, 0.1) is 0 Å². The number of rotatable bonds is 6. The number of aryl methyl sites for hydroxylation is 1. The molecule has 1 aromatic carbocycles. The van der Waals surface area contributed by atoms with Gasteiger partial charge in [0.25, 0.3) is 0 Å². The van der Waals surface area contributed by atoms with E-state index >= 15 is 0 Å². The van der Waals surface area contributed by atoms with Gasteiger partial charge in [-0.25, -0.2) is 0 Å². The molecule has 0 spiro atoms. The van der Waals surface area contributed by atoms with Gasteiger partial charge < -0.3 is 10.1 Å². The summed E-state index contributed by atoms with van der Waals surface area (Å²) in [6, 6.07) is 10.3. The van der Waals surface area contributed by atoms with Crippen molar-refractivity contribution < 1.29 is 4.74 Å². The number of nitrogens with one attached hydrogen (secondary N) is 1. The number of hydrogen-bond donors (Lipinski definition) is 1. The fraction of sp³-hybridized carbons (Fsp3) is 0.400. The summed E-state index contributed by atoms with van der Waals surface area (Å²) in [6.07, 6.45) is 2.82. The Morgan fingerprint density at radius 1 is 1.32 bits per heavy atom. The summed E-state index contributed by atoms with van der Waals surface area (Å²) in [7, 11) is 3.91.